The Morgan fingerprint density at radius 3 is 1.93 bits per heavy atom. The Hall–Kier alpha value is 0.310. The van der Waals surface area contributed by atoms with Crippen molar-refractivity contribution in [1.82, 2.24) is 0 Å². The molecule has 0 spiro atoms. The maximum atomic E-state index is 9.91. The molecule has 0 aliphatic rings. The van der Waals surface area contributed by atoms with E-state index in [-0.39, 0.29) is 11.8 Å². The van der Waals surface area contributed by atoms with E-state index < -0.39 is 7.28 Å². The summed E-state index contributed by atoms with van der Waals surface area (Å²) in [6, 6.07) is 0. The Morgan fingerprint density at radius 1 is 1.00 bits per heavy atom. The van der Waals surface area contributed by atoms with Gasteiger partial charge in [0.1, 0.15) is 0 Å². The van der Waals surface area contributed by atoms with E-state index in [9.17, 15) is 14.7 Å². The first-order valence-corrected chi connectivity index (χ1v) is 7.96. The van der Waals surface area contributed by atoms with Gasteiger partial charge in [-0.05, 0) is 0 Å². The van der Waals surface area contributed by atoms with Crippen LogP contribution in [-0.2, 0) is 0 Å². The van der Waals surface area contributed by atoms with E-state index in [1.54, 1.807) is 0 Å². The minimum atomic E-state index is -4.34. The summed E-state index contributed by atoms with van der Waals surface area (Å²) in [6.45, 7) is 5.82. The van der Waals surface area contributed by atoms with Gasteiger partial charge in [-0.15, -0.1) is 0 Å². The van der Waals surface area contributed by atoms with Crippen molar-refractivity contribution in [3.63, 3.8) is 0 Å². The van der Waals surface area contributed by atoms with Crippen molar-refractivity contribution in [2.45, 2.75) is 58.5 Å². The van der Waals surface area contributed by atoms with Crippen molar-refractivity contribution in [3.8, 4) is 0 Å². The van der Waals surface area contributed by atoms with E-state index in [1.807, 2.05) is 13.8 Å². The molecule has 88 valence electrons. The van der Waals surface area contributed by atoms with Gasteiger partial charge in [0.05, 0.1) is 0 Å². The number of rotatable bonds is 7. The van der Waals surface area contributed by atoms with E-state index in [4.69, 9.17) is 0 Å². The zero-order valence-electron chi connectivity index (χ0n) is 9.61. The third-order valence-electron chi connectivity index (χ3n) is 2.76. The van der Waals surface area contributed by atoms with E-state index in [2.05, 4.69) is 6.92 Å². The second-order valence-electron chi connectivity index (χ2n) is 4.15. The molecular formula is C10H25O3P. The van der Waals surface area contributed by atoms with Crippen molar-refractivity contribution < 1.29 is 14.7 Å². The molecule has 0 aromatic carbocycles. The summed E-state index contributed by atoms with van der Waals surface area (Å²) < 4.78 is 0. The Morgan fingerprint density at radius 2 is 1.57 bits per heavy atom. The van der Waals surface area contributed by atoms with Gasteiger partial charge in [0.25, 0.3) is 0 Å². The van der Waals surface area contributed by atoms with Crippen molar-refractivity contribution >= 4 is 7.28 Å². The second kappa shape index (κ2) is 5.41. The fraction of sp³-hybridized carbons (Fsp3) is 1.00. The molecule has 0 amide bonds. The molecule has 3 nitrogen and oxygen atoms in total. The summed E-state index contributed by atoms with van der Waals surface area (Å²) >= 11 is 0. The van der Waals surface area contributed by atoms with Gasteiger partial charge in [-0.25, -0.2) is 0 Å². The average molecular weight is 224 g/mol. The van der Waals surface area contributed by atoms with Gasteiger partial charge in [0.15, 0.2) is 0 Å². The van der Waals surface area contributed by atoms with Gasteiger partial charge >= 0.3 is 86.7 Å². The first kappa shape index (κ1) is 14.3. The molecule has 0 aromatic heterocycles. The molecule has 0 aliphatic heterocycles. The standard InChI is InChI=1S/C10H25O3P/c1-4-7-8-10(6-3)14(11,12,13)9-5-2/h10-13H,4-9H2,1-3H3. The molecule has 0 rings (SSSR count). The molecule has 1 unspecified atom stereocenters. The van der Waals surface area contributed by atoms with Crippen LogP contribution in [0, 0.1) is 0 Å². The van der Waals surface area contributed by atoms with Crippen LogP contribution in [0.1, 0.15) is 52.9 Å². The molecule has 0 aliphatic carbocycles. The van der Waals surface area contributed by atoms with Crippen LogP contribution >= 0.6 is 7.28 Å². The Labute approximate surface area is 87.3 Å². The summed E-state index contributed by atoms with van der Waals surface area (Å²) in [4.78, 5) is 29.7. The molecule has 3 N–H and O–H groups in total. The zero-order valence-corrected chi connectivity index (χ0v) is 10.5. The predicted octanol–water partition coefficient (Wildman–Crippen LogP) is 2.64. The van der Waals surface area contributed by atoms with E-state index in [0.29, 0.717) is 19.3 Å². The minimum absolute atomic E-state index is 0.147. The quantitative estimate of drug-likeness (QED) is 0.582. The predicted molar refractivity (Wildman–Crippen MR) is 62.3 cm³/mol. The Kier molecular flexibility index (Phi) is 5.53. The maximum absolute atomic E-state index is 9.91. The van der Waals surface area contributed by atoms with E-state index in [0.717, 1.165) is 12.8 Å². The van der Waals surface area contributed by atoms with Crippen molar-refractivity contribution in [2.24, 2.45) is 0 Å². The van der Waals surface area contributed by atoms with Crippen LogP contribution in [0.25, 0.3) is 0 Å². The van der Waals surface area contributed by atoms with Gasteiger partial charge in [-0.1, -0.05) is 0 Å². The molecule has 0 saturated heterocycles. The summed E-state index contributed by atoms with van der Waals surface area (Å²) in [7, 11) is -4.34. The first-order chi connectivity index (χ1) is 6.35. The molecule has 0 radical (unpaired) electrons. The van der Waals surface area contributed by atoms with Crippen LogP contribution in [-0.4, -0.2) is 26.5 Å². The van der Waals surface area contributed by atoms with Crippen LogP contribution in [0.15, 0.2) is 0 Å². The number of unbranched alkanes of at least 4 members (excludes halogenated alkanes) is 1. The Bertz CT molecular complexity index is 162. The summed E-state index contributed by atoms with van der Waals surface area (Å²) in [5.41, 5.74) is -0.319. The SMILES string of the molecule is CCCCC(CC)P(O)(O)(O)CCC. The van der Waals surface area contributed by atoms with Crippen LogP contribution in [0.5, 0.6) is 0 Å². The molecule has 0 heterocycles. The monoisotopic (exact) mass is 224 g/mol. The molecule has 1 atom stereocenters. The summed E-state index contributed by atoms with van der Waals surface area (Å²) in [5.74, 6) is 0. The van der Waals surface area contributed by atoms with Crippen molar-refractivity contribution in [3.05, 3.63) is 0 Å². The molecule has 0 bridgehead atoms. The first-order valence-electron chi connectivity index (χ1n) is 5.61. The number of hydrogen-bond donors (Lipinski definition) is 3. The van der Waals surface area contributed by atoms with Gasteiger partial charge in [-0.3, -0.25) is 0 Å². The molecule has 4 heteroatoms. The average Bonchev–Trinajstić information content (AvgIpc) is 2.03. The van der Waals surface area contributed by atoms with Crippen LogP contribution in [0.4, 0.5) is 0 Å². The third kappa shape index (κ3) is 4.22. The Balaban J connectivity index is 4.45. The van der Waals surface area contributed by atoms with Gasteiger partial charge < -0.3 is 0 Å². The summed E-state index contributed by atoms with van der Waals surface area (Å²) in [5, 5.41) is 0. The third-order valence-corrected chi connectivity index (χ3v) is 6.19. The molecule has 14 heavy (non-hydrogen) atoms. The summed E-state index contributed by atoms with van der Waals surface area (Å²) in [6.07, 6.45) is 4.09. The van der Waals surface area contributed by atoms with E-state index >= 15 is 0 Å². The zero-order chi connectivity index (χ0) is 11.3. The molecule has 0 aromatic rings. The second-order valence-corrected chi connectivity index (χ2v) is 7.77. The van der Waals surface area contributed by atoms with Gasteiger partial charge in [0.2, 0.25) is 0 Å². The topological polar surface area (TPSA) is 60.7 Å². The van der Waals surface area contributed by atoms with E-state index in [1.165, 1.54) is 0 Å². The fourth-order valence-corrected chi connectivity index (χ4v) is 4.58. The normalized spacial score (nSPS) is 17.4. The number of hydrogen-bond acceptors (Lipinski definition) is 3. The van der Waals surface area contributed by atoms with Gasteiger partial charge in [0, 0.05) is 0 Å². The van der Waals surface area contributed by atoms with Crippen molar-refractivity contribution in [2.75, 3.05) is 6.16 Å². The van der Waals surface area contributed by atoms with Crippen molar-refractivity contribution in [1.29, 1.82) is 0 Å². The van der Waals surface area contributed by atoms with Crippen LogP contribution in [0.3, 0.4) is 0 Å². The molecule has 0 saturated carbocycles. The van der Waals surface area contributed by atoms with Crippen LogP contribution in [0.2, 0.25) is 0 Å². The molecule has 0 fully saturated rings. The molecular weight excluding hydrogens is 199 g/mol. The van der Waals surface area contributed by atoms with Gasteiger partial charge in [-0.2, -0.15) is 0 Å². The van der Waals surface area contributed by atoms with Crippen LogP contribution < -0.4 is 0 Å². The fourth-order valence-electron chi connectivity index (χ4n) is 1.89.